The minimum Gasteiger partial charge on any atom is -0.187 e. The number of nitrogens with zero attached hydrogens (tertiary/aromatic N) is 4. The molecule has 0 aliphatic carbocycles. The SMILES string of the molecule is CCCc1nn2c(CCCc3ccccc3)nnc2s1. The molecule has 0 unspecified atom stereocenters. The van der Waals surface area contributed by atoms with Crippen LogP contribution in [0.25, 0.3) is 4.96 Å². The van der Waals surface area contributed by atoms with E-state index in [1.54, 1.807) is 11.3 Å². The van der Waals surface area contributed by atoms with E-state index in [0.29, 0.717) is 0 Å². The summed E-state index contributed by atoms with van der Waals surface area (Å²) in [4.78, 5) is 0.920. The molecule has 2 heterocycles. The fraction of sp³-hybridized carbons (Fsp3) is 0.400. The molecule has 3 aromatic rings. The molecule has 0 spiro atoms. The predicted octanol–water partition coefficient (Wildman–Crippen LogP) is 3.31. The molecule has 104 valence electrons. The predicted molar refractivity (Wildman–Crippen MR) is 81.1 cm³/mol. The number of fused-ring (bicyclic) bond motifs is 1. The zero-order valence-corrected chi connectivity index (χ0v) is 12.4. The van der Waals surface area contributed by atoms with Crippen molar-refractivity contribution in [1.29, 1.82) is 0 Å². The second-order valence-corrected chi connectivity index (χ2v) is 5.94. The van der Waals surface area contributed by atoms with Crippen LogP contribution in [0.15, 0.2) is 30.3 Å². The van der Waals surface area contributed by atoms with Crippen LogP contribution >= 0.6 is 11.3 Å². The number of hydrogen-bond donors (Lipinski definition) is 0. The summed E-state index contributed by atoms with van der Waals surface area (Å²) in [6.45, 7) is 2.17. The molecule has 20 heavy (non-hydrogen) atoms. The molecular weight excluding hydrogens is 268 g/mol. The van der Waals surface area contributed by atoms with Gasteiger partial charge in [-0.25, -0.2) is 0 Å². The highest BCUT2D eigenvalue weighted by atomic mass is 32.1. The van der Waals surface area contributed by atoms with Gasteiger partial charge in [0.15, 0.2) is 5.82 Å². The van der Waals surface area contributed by atoms with Crippen molar-refractivity contribution in [2.45, 2.75) is 39.0 Å². The number of aromatic nitrogens is 4. The average molecular weight is 286 g/mol. The molecule has 2 aromatic heterocycles. The quantitative estimate of drug-likeness (QED) is 0.698. The third kappa shape index (κ3) is 2.88. The third-order valence-corrected chi connectivity index (χ3v) is 4.23. The first-order valence-electron chi connectivity index (χ1n) is 7.10. The van der Waals surface area contributed by atoms with E-state index in [1.165, 1.54) is 5.56 Å². The van der Waals surface area contributed by atoms with Gasteiger partial charge in [-0.1, -0.05) is 48.6 Å². The van der Waals surface area contributed by atoms with Crippen molar-refractivity contribution >= 4 is 16.3 Å². The van der Waals surface area contributed by atoms with Gasteiger partial charge in [0.25, 0.3) is 0 Å². The fourth-order valence-corrected chi connectivity index (χ4v) is 3.22. The van der Waals surface area contributed by atoms with Crippen molar-refractivity contribution < 1.29 is 0 Å². The highest BCUT2D eigenvalue weighted by Gasteiger charge is 2.10. The standard InChI is InChI=1S/C15H18N4S/c1-2-7-14-18-19-13(16-17-15(19)20-14)11-6-10-12-8-4-3-5-9-12/h3-5,8-9H,2,6-7,10-11H2,1H3. The minimum atomic E-state index is 0.920. The van der Waals surface area contributed by atoms with E-state index in [-0.39, 0.29) is 0 Å². The summed E-state index contributed by atoms with van der Waals surface area (Å²) in [5.41, 5.74) is 1.37. The van der Waals surface area contributed by atoms with Crippen molar-refractivity contribution in [1.82, 2.24) is 19.8 Å². The summed E-state index contributed by atoms with van der Waals surface area (Å²) in [5, 5.41) is 14.2. The molecule has 0 N–H and O–H groups in total. The lowest BCUT2D eigenvalue weighted by Crippen LogP contribution is -1.98. The molecule has 0 bridgehead atoms. The number of aryl methyl sites for hydroxylation is 3. The van der Waals surface area contributed by atoms with Gasteiger partial charge in [-0.05, 0) is 24.8 Å². The van der Waals surface area contributed by atoms with Crippen LogP contribution < -0.4 is 0 Å². The van der Waals surface area contributed by atoms with Crippen LogP contribution in [0.2, 0.25) is 0 Å². The minimum absolute atomic E-state index is 0.920. The van der Waals surface area contributed by atoms with E-state index in [1.807, 2.05) is 4.52 Å². The average Bonchev–Trinajstić information content (AvgIpc) is 3.02. The molecule has 0 atom stereocenters. The normalized spacial score (nSPS) is 11.2. The molecular formula is C15H18N4S. The Labute approximate surface area is 122 Å². The van der Waals surface area contributed by atoms with E-state index in [9.17, 15) is 0 Å². The number of rotatable bonds is 6. The Balaban J connectivity index is 1.65. The van der Waals surface area contributed by atoms with Crippen molar-refractivity contribution in [3.63, 3.8) is 0 Å². The molecule has 0 radical (unpaired) electrons. The zero-order chi connectivity index (χ0) is 13.8. The van der Waals surface area contributed by atoms with Crippen molar-refractivity contribution in [2.24, 2.45) is 0 Å². The van der Waals surface area contributed by atoms with Crippen molar-refractivity contribution in [3.05, 3.63) is 46.7 Å². The maximum Gasteiger partial charge on any atom is 0.234 e. The van der Waals surface area contributed by atoms with Gasteiger partial charge >= 0.3 is 0 Å². The van der Waals surface area contributed by atoms with Gasteiger partial charge in [0, 0.05) is 12.8 Å². The molecule has 0 saturated heterocycles. The maximum absolute atomic E-state index is 4.60. The van der Waals surface area contributed by atoms with Gasteiger partial charge < -0.3 is 0 Å². The van der Waals surface area contributed by atoms with Gasteiger partial charge in [0.1, 0.15) is 5.01 Å². The van der Waals surface area contributed by atoms with E-state index in [4.69, 9.17) is 0 Å². The Hall–Kier alpha value is -1.75. The first-order valence-corrected chi connectivity index (χ1v) is 7.92. The Morgan fingerprint density at radius 3 is 2.70 bits per heavy atom. The largest absolute Gasteiger partial charge is 0.234 e. The van der Waals surface area contributed by atoms with Crippen LogP contribution in [0.5, 0.6) is 0 Å². The third-order valence-electron chi connectivity index (χ3n) is 3.27. The van der Waals surface area contributed by atoms with E-state index in [2.05, 4.69) is 52.6 Å². The van der Waals surface area contributed by atoms with Crippen LogP contribution in [0.1, 0.15) is 36.2 Å². The van der Waals surface area contributed by atoms with E-state index in [0.717, 1.165) is 47.9 Å². The topological polar surface area (TPSA) is 43.1 Å². The van der Waals surface area contributed by atoms with Crippen LogP contribution in [-0.4, -0.2) is 19.8 Å². The lowest BCUT2D eigenvalue weighted by molar-refractivity contribution is 0.725. The lowest BCUT2D eigenvalue weighted by Gasteiger charge is -1.99. The molecule has 0 fully saturated rings. The van der Waals surface area contributed by atoms with Crippen LogP contribution in [0.3, 0.4) is 0 Å². The number of benzene rings is 1. The second kappa shape index (κ2) is 6.13. The molecule has 5 heteroatoms. The summed E-state index contributed by atoms with van der Waals surface area (Å²) in [6, 6.07) is 10.6. The summed E-state index contributed by atoms with van der Waals surface area (Å²) in [7, 11) is 0. The molecule has 1 aromatic carbocycles. The van der Waals surface area contributed by atoms with Crippen molar-refractivity contribution in [3.8, 4) is 0 Å². The van der Waals surface area contributed by atoms with Gasteiger partial charge in [0.05, 0.1) is 0 Å². The smallest absolute Gasteiger partial charge is 0.187 e. The zero-order valence-electron chi connectivity index (χ0n) is 11.6. The van der Waals surface area contributed by atoms with Gasteiger partial charge in [-0.15, -0.1) is 10.2 Å². The Morgan fingerprint density at radius 2 is 1.90 bits per heavy atom. The molecule has 0 amide bonds. The highest BCUT2D eigenvalue weighted by molar-refractivity contribution is 7.16. The molecule has 0 aliphatic heterocycles. The highest BCUT2D eigenvalue weighted by Crippen LogP contribution is 2.16. The molecule has 4 nitrogen and oxygen atoms in total. The van der Waals surface area contributed by atoms with Crippen LogP contribution in [-0.2, 0) is 19.3 Å². The summed E-state index contributed by atoms with van der Waals surface area (Å²) >= 11 is 1.65. The second-order valence-electron chi connectivity index (χ2n) is 4.90. The monoisotopic (exact) mass is 286 g/mol. The van der Waals surface area contributed by atoms with Crippen LogP contribution in [0, 0.1) is 0 Å². The Kier molecular flexibility index (Phi) is 4.06. The summed E-state index contributed by atoms with van der Waals surface area (Å²) in [6.07, 6.45) is 5.21. The lowest BCUT2D eigenvalue weighted by atomic mass is 10.1. The van der Waals surface area contributed by atoms with Gasteiger partial charge in [0.2, 0.25) is 4.96 Å². The van der Waals surface area contributed by atoms with E-state index >= 15 is 0 Å². The van der Waals surface area contributed by atoms with Crippen molar-refractivity contribution in [2.75, 3.05) is 0 Å². The number of hydrogen-bond acceptors (Lipinski definition) is 4. The first kappa shape index (κ1) is 13.2. The maximum atomic E-state index is 4.60. The Morgan fingerprint density at radius 1 is 1.05 bits per heavy atom. The van der Waals surface area contributed by atoms with E-state index < -0.39 is 0 Å². The summed E-state index contributed by atoms with van der Waals surface area (Å²) < 4.78 is 1.92. The first-order chi connectivity index (χ1) is 9.86. The Bertz CT molecular complexity index is 672. The molecule has 0 aliphatic rings. The molecule has 0 saturated carbocycles. The van der Waals surface area contributed by atoms with Gasteiger partial charge in [-0.3, -0.25) is 0 Å². The van der Waals surface area contributed by atoms with Gasteiger partial charge in [-0.2, -0.15) is 9.61 Å². The summed E-state index contributed by atoms with van der Waals surface area (Å²) in [5.74, 6) is 0.981. The molecule has 3 rings (SSSR count). The fourth-order valence-electron chi connectivity index (χ4n) is 2.26. The van der Waals surface area contributed by atoms with Crippen LogP contribution in [0.4, 0.5) is 0 Å².